The Bertz CT molecular complexity index is 1800. The van der Waals surface area contributed by atoms with Gasteiger partial charge in [0.1, 0.15) is 24.4 Å². The van der Waals surface area contributed by atoms with Crippen LogP contribution in [0.25, 0.3) is 0 Å². The third-order valence-electron chi connectivity index (χ3n) is 15.7. The molecule has 0 saturated carbocycles. The van der Waals surface area contributed by atoms with Gasteiger partial charge in [-0.15, -0.1) is 0 Å². The summed E-state index contributed by atoms with van der Waals surface area (Å²) >= 11 is 0. The molecule has 85 heavy (non-hydrogen) atoms. The average Bonchev–Trinajstić information content (AvgIpc) is 3.13. The highest BCUT2D eigenvalue weighted by molar-refractivity contribution is 5.80. The zero-order valence-electron chi connectivity index (χ0n) is 54.2. The molecule has 1 amide bonds. The number of nitrogens with one attached hydrogen (secondary N) is 1. The molecule has 1 aliphatic heterocycles. The van der Waals surface area contributed by atoms with Crippen LogP contribution in [0.15, 0.2) is 109 Å². The molecule has 1 heterocycles. The summed E-state index contributed by atoms with van der Waals surface area (Å²) in [4.78, 5) is 26.6. The van der Waals surface area contributed by atoms with Crippen LogP contribution in [0.5, 0.6) is 0 Å². The number of allylic oxidation sites excluding steroid dienone is 17. The Kier molecular flexibility index (Phi) is 56.6. The molecule has 0 radical (unpaired) electrons. The van der Waals surface area contributed by atoms with Crippen molar-refractivity contribution in [2.75, 3.05) is 13.2 Å². The van der Waals surface area contributed by atoms with Gasteiger partial charge in [-0.3, -0.25) is 9.59 Å². The van der Waals surface area contributed by atoms with E-state index >= 15 is 0 Å². The van der Waals surface area contributed by atoms with Gasteiger partial charge in [-0.2, -0.15) is 0 Å². The number of hydrogen-bond donors (Lipinski definition) is 6. The van der Waals surface area contributed by atoms with Crippen molar-refractivity contribution in [1.82, 2.24) is 5.32 Å². The predicted molar refractivity (Wildman–Crippen MR) is 356 cm³/mol. The zero-order chi connectivity index (χ0) is 61.7. The molecule has 11 heteroatoms. The van der Waals surface area contributed by atoms with E-state index in [0.29, 0.717) is 12.8 Å². The lowest BCUT2D eigenvalue weighted by Gasteiger charge is -2.41. The fraction of sp³-hybridized carbons (Fsp3) is 0.730. The number of hydrogen-bond acceptors (Lipinski definition) is 10. The van der Waals surface area contributed by atoms with Crippen LogP contribution in [0.4, 0.5) is 0 Å². The van der Waals surface area contributed by atoms with Crippen molar-refractivity contribution >= 4 is 11.9 Å². The first kappa shape index (κ1) is 79.3. The van der Waals surface area contributed by atoms with E-state index in [1.165, 1.54) is 148 Å². The van der Waals surface area contributed by atoms with Gasteiger partial charge in [0.2, 0.25) is 5.91 Å². The number of carbonyl (C=O) groups is 2. The van der Waals surface area contributed by atoms with Gasteiger partial charge in [0, 0.05) is 6.42 Å². The maximum Gasteiger partial charge on any atom is 0.306 e. The van der Waals surface area contributed by atoms with Crippen molar-refractivity contribution in [3.8, 4) is 0 Å². The maximum absolute atomic E-state index is 13.4. The summed E-state index contributed by atoms with van der Waals surface area (Å²) < 4.78 is 17.7. The molecule has 1 rings (SSSR count). The van der Waals surface area contributed by atoms with E-state index in [2.05, 4.69) is 111 Å². The molecule has 0 aromatic rings. The Labute approximate surface area is 519 Å². The Morgan fingerprint density at radius 2 is 0.847 bits per heavy atom. The van der Waals surface area contributed by atoms with Gasteiger partial charge >= 0.3 is 5.97 Å². The van der Waals surface area contributed by atoms with Crippen molar-refractivity contribution in [3.05, 3.63) is 109 Å². The SMILES string of the molecule is CC/C=C\C/C=C\C/C=C\C/C=C\C/C=C\CCC(O)C(=O)NC(COC1OC(CO)C(O)C(O)C1OC(=O)CCCCCCCCCCCCCCCC/C=C\C/C=C\C/C=C\CCCCC)C(O)/C=C/CCCCCCCCCCCCC. The normalized spacial score (nSPS) is 19.1. The molecule has 0 aromatic heterocycles. The van der Waals surface area contributed by atoms with E-state index in [1.54, 1.807) is 6.08 Å². The highest BCUT2D eigenvalue weighted by atomic mass is 16.7. The van der Waals surface area contributed by atoms with E-state index in [0.717, 1.165) is 89.9 Å². The molecule has 488 valence electrons. The van der Waals surface area contributed by atoms with Gasteiger partial charge in [0.15, 0.2) is 12.4 Å². The largest absolute Gasteiger partial charge is 0.454 e. The van der Waals surface area contributed by atoms with Crippen LogP contribution in [-0.2, 0) is 23.8 Å². The number of aliphatic hydroxyl groups excluding tert-OH is 5. The van der Waals surface area contributed by atoms with Crippen molar-refractivity contribution in [3.63, 3.8) is 0 Å². The summed E-state index contributed by atoms with van der Waals surface area (Å²) in [5.41, 5.74) is 0. The zero-order valence-corrected chi connectivity index (χ0v) is 54.2. The Hall–Kier alpha value is -3.68. The van der Waals surface area contributed by atoms with Crippen LogP contribution in [0.3, 0.4) is 0 Å². The van der Waals surface area contributed by atoms with Gasteiger partial charge < -0.3 is 45.1 Å². The minimum absolute atomic E-state index is 0.111. The summed E-state index contributed by atoms with van der Waals surface area (Å²) in [6, 6.07) is -1.06. The lowest BCUT2D eigenvalue weighted by Crippen LogP contribution is -2.61. The molecule has 8 unspecified atom stereocenters. The molecule has 0 spiro atoms. The van der Waals surface area contributed by atoms with Crippen LogP contribution < -0.4 is 5.32 Å². The first-order valence-corrected chi connectivity index (χ1v) is 34.7. The van der Waals surface area contributed by atoms with Crippen LogP contribution in [0.2, 0.25) is 0 Å². The molecule has 0 aromatic carbocycles. The number of unbranched alkanes of at least 4 members (excludes halogenated alkanes) is 28. The van der Waals surface area contributed by atoms with Crippen LogP contribution in [-0.4, -0.2) is 99.6 Å². The molecule has 1 saturated heterocycles. The third kappa shape index (κ3) is 48.0. The predicted octanol–water partition coefficient (Wildman–Crippen LogP) is 17.6. The fourth-order valence-electron chi connectivity index (χ4n) is 10.2. The van der Waals surface area contributed by atoms with E-state index in [1.807, 2.05) is 18.2 Å². The number of carbonyl (C=O) groups excluding carboxylic acids is 2. The number of ether oxygens (including phenoxy) is 3. The van der Waals surface area contributed by atoms with E-state index in [9.17, 15) is 35.1 Å². The van der Waals surface area contributed by atoms with E-state index in [4.69, 9.17) is 14.2 Å². The molecule has 0 bridgehead atoms. The van der Waals surface area contributed by atoms with Crippen LogP contribution >= 0.6 is 0 Å². The summed E-state index contributed by atoms with van der Waals surface area (Å²) in [6.45, 7) is 5.63. The second-order valence-corrected chi connectivity index (χ2v) is 23.5. The summed E-state index contributed by atoms with van der Waals surface area (Å²) in [6.07, 6.45) is 72.8. The van der Waals surface area contributed by atoms with Crippen LogP contribution in [0, 0.1) is 0 Å². The second kappa shape index (κ2) is 60.6. The van der Waals surface area contributed by atoms with Gasteiger partial charge in [0.05, 0.1) is 25.4 Å². The summed E-state index contributed by atoms with van der Waals surface area (Å²) in [5.74, 6) is -1.26. The highest BCUT2D eigenvalue weighted by Crippen LogP contribution is 2.26. The second-order valence-electron chi connectivity index (χ2n) is 23.5. The molecule has 11 nitrogen and oxygen atoms in total. The number of rotatable bonds is 58. The topological polar surface area (TPSA) is 175 Å². The Morgan fingerprint density at radius 3 is 1.29 bits per heavy atom. The Morgan fingerprint density at radius 1 is 0.471 bits per heavy atom. The summed E-state index contributed by atoms with van der Waals surface area (Å²) in [7, 11) is 0. The molecular formula is C74H127NO10. The first-order chi connectivity index (χ1) is 41.7. The van der Waals surface area contributed by atoms with Crippen molar-refractivity contribution in [2.24, 2.45) is 0 Å². The lowest BCUT2D eigenvalue weighted by atomic mass is 9.99. The lowest BCUT2D eigenvalue weighted by molar-refractivity contribution is -0.305. The fourth-order valence-corrected chi connectivity index (χ4v) is 10.2. The van der Waals surface area contributed by atoms with Gasteiger partial charge in [0.25, 0.3) is 0 Å². The molecular weight excluding hydrogens is 1060 g/mol. The molecule has 8 atom stereocenters. The molecule has 1 aliphatic rings. The summed E-state index contributed by atoms with van der Waals surface area (Å²) in [5, 5.41) is 57.1. The van der Waals surface area contributed by atoms with Crippen molar-refractivity contribution < 1.29 is 49.3 Å². The molecule has 0 aliphatic carbocycles. The minimum atomic E-state index is -1.63. The number of esters is 1. The molecule has 6 N–H and O–H groups in total. The van der Waals surface area contributed by atoms with Gasteiger partial charge in [-0.1, -0.05) is 284 Å². The van der Waals surface area contributed by atoms with Crippen molar-refractivity contribution in [2.45, 2.75) is 333 Å². The smallest absolute Gasteiger partial charge is 0.306 e. The van der Waals surface area contributed by atoms with Gasteiger partial charge in [-0.25, -0.2) is 0 Å². The van der Waals surface area contributed by atoms with Crippen LogP contribution in [0.1, 0.15) is 284 Å². The first-order valence-electron chi connectivity index (χ1n) is 34.7. The molecule has 1 fully saturated rings. The van der Waals surface area contributed by atoms with Gasteiger partial charge in [-0.05, 0) is 103 Å². The highest BCUT2D eigenvalue weighted by Gasteiger charge is 2.47. The van der Waals surface area contributed by atoms with E-state index < -0.39 is 67.4 Å². The average molecular weight is 1190 g/mol. The van der Waals surface area contributed by atoms with Crippen molar-refractivity contribution in [1.29, 1.82) is 0 Å². The number of amides is 1. The number of aliphatic hydroxyl groups is 5. The quantitative estimate of drug-likeness (QED) is 0.0195. The van der Waals surface area contributed by atoms with E-state index in [-0.39, 0.29) is 19.4 Å². The standard InChI is InChI=1S/C74H127NO10/c1-4-7-10-13-16-19-22-25-27-29-30-31-32-33-34-35-36-37-38-39-41-44-47-50-53-56-59-62-69(79)85-72-71(81)70(80)68(63-76)84-74(72)83-64-65(66(77)60-57-54-51-48-45-42-24-21-18-15-12-9-6-3)75-73(82)67(78)61-58-55-52-49-46-43-40-28-26-23-20-17-14-11-8-5-2/h8,11,16-17,19-20,25-28,30-31,43,46,52,55,57,60,65-68,70-72,74,76-78,80-81H,4-7,9-10,12-15,18,21-24,29,32-42,44-45,47-51,53-54,56,58-59,61-64H2,1-3H3,(H,75,82)/b11-8-,19-16-,20-17-,27-25-,28-26-,31-30-,46-43-,55-52-,60-57+. The maximum atomic E-state index is 13.4. The minimum Gasteiger partial charge on any atom is -0.454 e. The Balaban J connectivity index is 2.60. The third-order valence-corrected chi connectivity index (χ3v) is 15.7. The monoisotopic (exact) mass is 1190 g/mol.